The first-order valence-corrected chi connectivity index (χ1v) is 5.56. The van der Waals surface area contributed by atoms with Crippen LogP contribution in [0.3, 0.4) is 0 Å². The molecule has 0 fully saturated rings. The van der Waals surface area contributed by atoms with Crippen LogP contribution in [0.1, 0.15) is 24.2 Å². The molecule has 8 heteroatoms. The largest absolute Gasteiger partial charge is 0.478 e. The molecule has 0 saturated carbocycles. The lowest BCUT2D eigenvalue weighted by molar-refractivity contribution is -0.122. The first kappa shape index (κ1) is 15.4. The normalized spacial score (nSPS) is 10.8. The highest BCUT2D eigenvalue weighted by atomic mass is 19.1. The number of carboxylic acids is 1. The lowest BCUT2D eigenvalue weighted by Crippen LogP contribution is -2.54. The molecule has 0 bridgehead atoms. The van der Waals surface area contributed by atoms with Crippen LogP contribution in [0, 0.1) is 5.82 Å². The van der Waals surface area contributed by atoms with Crippen LogP contribution >= 0.6 is 0 Å². The fourth-order valence-corrected chi connectivity index (χ4v) is 1.32. The number of nitrogens with two attached hydrogens (primary N) is 1. The SMILES string of the molecule is CC(C)(NC(=O)Nc1c(F)cccc1C(=O)O)C(N)=O. The van der Waals surface area contributed by atoms with Crippen LogP contribution in [0.5, 0.6) is 0 Å². The summed E-state index contributed by atoms with van der Waals surface area (Å²) >= 11 is 0. The molecule has 20 heavy (non-hydrogen) atoms. The maximum absolute atomic E-state index is 13.6. The Morgan fingerprint density at radius 2 is 1.90 bits per heavy atom. The molecular weight excluding hydrogens is 269 g/mol. The summed E-state index contributed by atoms with van der Waals surface area (Å²) in [6.45, 7) is 2.71. The van der Waals surface area contributed by atoms with Crippen molar-refractivity contribution in [2.45, 2.75) is 19.4 Å². The lowest BCUT2D eigenvalue weighted by atomic mass is 10.1. The van der Waals surface area contributed by atoms with E-state index < -0.39 is 40.5 Å². The molecule has 1 rings (SSSR count). The number of benzene rings is 1. The molecule has 0 spiro atoms. The predicted molar refractivity (Wildman–Crippen MR) is 68.8 cm³/mol. The van der Waals surface area contributed by atoms with E-state index in [0.717, 1.165) is 12.1 Å². The molecule has 0 radical (unpaired) electrons. The summed E-state index contributed by atoms with van der Waals surface area (Å²) in [5, 5.41) is 13.2. The number of nitrogens with one attached hydrogen (secondary N) is 2. The van der Waals surface area contributed by atoms with Crippen LogP contribution in [-0.2, 0) is 4.79 Å². The molecular formula is C12H14FN3O4. The van der Waals surface area contributed by atoms with Gasteiger partial charge in [-0.25, -0.2) is 14.0 Å². The van der Waals surface area contributed by atoms with Gasteiger partial charge in [-0.05, 0) is 26.0 Å². The molecule has 0 saturated heterocycles. The molecule has 7 nitrogen and oxygen atoms in total. The number of primary amides is 1. The van der Waals surface area contributed by atoms with E-state index in [9.17, 15) is 18.8 Å². The molecule has 0 aliphatic carbocycles. The number of carbonyl (C=O) groups excluding carboxylic acids is 2. The van der Waals surface area contributed by atoms with Crippen LogP contribution < -0.4 is 16.4 Å². The number of hydrogen-bond donors (Lipinski definition) is 4. The van der Waals surface area contributed by atoms with Crippen LogP contribution in [0.15, 0.2) is 18.2 Å². The lowest BCUT2D eigenvalue weighted by Gasteiger charge is -2.22. The van der Waals surface area contributed by atoms with E-state index in [1.54, 1.807) is 0 Å². The zero-order valence-corrected chi connectivity index (χ0v) is 10.9. The smallest absolute Gasteiger partial charge is 0.337 e. The van der Waals surface area contributed by atoms with Gasteiger partial charge in [-0.1, -0.05) is 6.07 Å². The minimum absolute atomic E-state index is 0.406. The Labute approximate surface area is 114 Å². The van der Waals surface area contributed by atoms with Gasteiger partial charge in [-0.3, -0.25) is 4.79 Å². The number of aromatic carboxylic acids is 1. The second-order valence-corrected chi connectivity index (χ2v) is 4.54. The third kappa shape index (κ3) is 3.44. The summed E-state index contributed by atoms with van der Waals surface area (Å²) < 4.78 is 13.6. The Morgan fingerprint density at radius 3 is 2.40 bits per heavy atom. The number of amides is 3. The molecule has 0 atom stereocenters. The minimum Gasteiger partial charge on any atom is -0.478 e. The van der Waals surface area contributed by atoms with Crippen molar-refractivity contribution in [3.8, 4) is 0 Å². The summed E-state index contributed by atoms with van der Waals surface area (Å²) in [6.07, 6.45) is 0. The van der Waals surface area contributed by atoms with E-state index in [1.807, 2.05) is 0 Å². The van der Waals surface area contributed by atoms with Gasteiger partial charge in [-0.2, -0.15) is 0 Å². The second-order valence-electron chi connectivity index (χ2n) is 4.54. The van der Waals surface area contributed by atoms with Crippen LogP contribution in [0.25, 0.3) is 0 Å². The first-order valence-electron chi connectivity index (χ1n) is 5.56. The summed E-state index contributed by atoms with van der Waals surface area (Å²) in [5.74, 6) is -3.09. The maximum Gasteiger partial charge on any atom is 0.337 e. The maximum atomic E-state index is 13.6. The Kier molecular flexibility index (Phi) is 4.28. The quantitative estimate of drug-likeness (QED) is 0.656. The number of carboxylic acid groups (broad SMARTS) is 1. The molecule has 0 heterocycles. The van der Waals surface area contributed by atoms with Gasteiger partial charge in [0.15, 0.2) is 0 Å². The van der Waals surface area contributed by atoms with Gasteiger partial charge in [0.05, 0.1) is 11.3 Å². The molecule has 1 aromatic carbocycles. The Hall–Kier alpha value is -2.64. The molecule has 0 aliphatic rings. The number of halogens is 1. The fraction of sp³-hybridized carbons (Fsp3) is 0.250. The van der Waals surface area contributed by atoms with Crippen molar-refractivity contribution in [3.05, 3.63) is 29.6 Å². The summed E-state index contributed by atoms with van der Waals surface area (Å²) in [5.41, 5.74) is 2.81. The third-order valence-electron chi connectivity index (χ3n) is 2.52. The van der Waals surface area contributed by atoms with Crippen molar-refractivity contribution in [2.75, 3.05) is 5.32 Å². The van der Waals surface area contributed by atoms with Gasteiger partial charge < -0.3 is 21.5 Å². The highest BCUT2D eigenvalue weighted by molar-refractivity contribution is 6.01. The van der Waals surface area contributed by atoms with Crippen LogP contribution in [-0.4, -0.2) is 28.6 Å². The number of para-hydroxylation sites is 1. The van der Waals surface area contributed by atoms with E-state index in [1.165, 1.54) is 19.9 Å². The van der Waals surface area contributed by atoms with Crippen molar-refractivity contribution < 1.29 is 23.9 Å². The Balaban J connectivity index is 2.97. The fourth-order valence-electron chi connectivity index (χ4n) is 1.32. The number of urea groups is 1. The second kappa shape index (κ2) is 5.55. The molecule has 0 aliphatic heterocycles. The van der Waals surface area contributed by atoms with Gasteiger partial charge in [0.25, 0.3) is 0 Å². The summed E-state index contributed by atoms with van der Waals surface area (Å²) in [7, 11) is 0. The topological polar surface area (TPSA) is 122 Å². The number of carbonyl (C=O) groups is 3. The zero-order valence-electron chi connectivity index (χ0n) is 10.9. The summed E-state index contributed by atoms with van der Waals surface area (Å²) in [6, 6.07) is 2.40. The van der Waals surface area contributed by atoms with Crippen molar-refractivity contribution in [3.63, 3.8) is 0 Å². The van der Waals surface area contributed by atoms with Gasteiger partial charge in [0.2, 0.25) is 5.91 Å². The average molecular weight is 283 g/mol. The predicted octanol–water partition coefficient (Wildman–Crippen LogP) is 0.909. The van der Waals surface area contributed by atoms with Gasteiger partial charge >= 0.3 is 12.0 Å². The van der Waals surface area contributed by atoms with Crippen molar-refractivity contribution in [1.29, 1.82) is 0 Å². The van der Waals surface area contributed by atoms with Crippen LogP contribution in [0.2, 0.25) is 0 Å². The Bertz CT molecular complexity index is 572. The van der Waals surface area contributed by atoms with E-state index in [4.69, 9.17) is 10.8 Å². The average Bonchev–Trinajstić information content (AvgIpc) is 2.30. The highest BCUT2D eigenvalue weighted by Crippen LogP contribution is 2.20. The number of hydrogen-bond acceptors (Lipinski definition) is 3. The summed E-state index contributed by atoms with van der Waals surface area (Å²) in [4.78, 5) is 33.7. The van der Waals surface area contributed by atoms with Crippen LogP contribution in [0.4, 0.5) is 14.9 Å². The van der Waals surface area contributed by atoms with E-state index >= 15 is 0 Å². The van der Waals surface area contributed by atoms with Crippen molar-refractivity contribution in [1.82, 2.24) is 5.32 Å². The van der Waals surface area contributed by atoms with E-state index in [2.05, 4.69) is 10.6 Å². The molecule has 3 amide bonds. The molecule has 0 aromatic heterocycles. The van der Waals surface area contributed by atoms with Crippen molar-refractivity contribution in [2.24, 2.45) is 5.73 Å². The third-order valence-corrected chi connectivity index (χ3v) is 2.52. The Morgan fingerprint density at radius 1 is 1.30 bits per heavy atom. The zero-order chi connectivity index (χ0) is 15.5. The van der Waals surface area contributed by atoms with Crippen molar-refractivity contribution >= 4 is 23.6 Å². The molecule has 5 N–H and O–H groups in total. The van der Waals surface area contributed by atoms with Gasteiger partial charge in [0, 0.05) is 0 Å². The highest BCUT2D eigenvalue weighted by Gasteiger charge is 2.27. The van der Waals surface area contributed by atoms with Gasteiger partial charge in [0.1, 0.15) is 11.4 Å². The van der Waals surface area contributed by atoms with E-state index in [-0.39, 0.29) is 0 Å². The minimum atomic E-state index is -1.39. The standard InChI is InChI=1S/C12H14FN3O4/c1-12(2,10(14)19)16-11(20)15-8-6(9(17)18)4-3-5-7(8)13/h3-5H,1-2H3,(H2,14,19)(H,17,18)(H2,15,16,20). The molecule has 108 valence electrons. The first-order chi connectivity index (χ1) is 9.15. The number of rotatable bonds is 4. The van der Waals surface area contributed by atoms with Gasteiger partial charge in [-0.15, -0.1) is 0 Å². The monoisotopic (exact) mass is 283 g/mol. The molecule has 0 unspecified atom stereocenters. The molecule has 1 aromatic rings. The number of anilines is 1. The van der Waals surface area contributed by atoms with E-state index in [0.29, 0.717) is 0 Å².